The summed E-state index contributed by atoms with van der Waals surface area (Å²) in [7, 11) is -3.80. The number of halogens is 1. The van der Waals surface area contributed by atoms with Crippen LogP contribution < -0.4 is 14.8 Å². The van der Waals surface area contributed by atoms with Gasteiger partial charge in [0.2, 0.25) is 15.9 Å². The highest BCUT2D eigenvalue weighted by molar-refractivity contribution is 7.89. The number of carbonyl (C=O) groups excluding carboxylic acids is 1. The quantitative estimate of drug-likeness (QED) is 0.751. The molecule has 6 nitrogen and oxygen atoms in total. The molecule has 0 saturated carbocycles. The maximum Gasteiger partial charge on any atom is 0.241 e. The van der Waals surface area contributed by atoms with Gasteiger partial charge >= 0.3 is 0 Å². The average molecular weight is 397 g/mol. The molecular formula is C18H21ClN2O4S. The van der Waals surface area contributed by atoms with Gasteiger partial charge in [-0.05, 0) is 68.8 Å². The number of hydrogen-bond acceptors (Lipinski definition) is 4. The summed E-state index contributed by atoms with van der Waals surface area (Å²) in [6.45, 7) is 5.17. The molecule has 140 valence electrons. The smallest absolute Gasteiger partial charge is 0.241 e. The molecule has 0 unspecified atom stereocenters. The summed E-state index contributed by atoms with van der Waals surface area (Å²) >= 11 is 5.90. The summed E-state index contributed by atoms with van der Waals surface area (Å²) in [4.78, 5) is 12.0. The Morgan fingerprint density at radius 1 is 1.15 bits per heavy atom. The van der Waals surface area contributed by atoms with E-state index in [1.54, 1.807) is 31.2 Å². The van der Waals surface area contributed by atoms with E-state index in [4.69, 9.17) is 16.3 Å². The first kappa shape index (κ1) is 20.2. The van der Waals surface area contributed by atoms with Gasteiger partial charge in [0.05, 0.1) is 17.5 Å². The van der Waals surface area contributed by atoms with Crippen LogP contribution in [0.2, 0.25) is 5.02 Å². The molecule has 8 heteroatoms. The third-order valence-corrected chi connectivity index (χ3v) is 5.20. The lowest BCUT2D eigenvalue weighted by atomic mass is 10.2. The van der Waals surface area contributed by atoms with Crippen LogP contribution in [0.3, 0.4) is 0 Å². The van der Waals surface area contributed by atoms with Crippen molar-refractivity contribution in [2.24, 2.45) is 0 Å². The number of hydrogen-bond donors (Lipinski definition) is 2. The summed E-state index contributed by atoms with van der Waals surface area (Å²) in [6, 6.07) is 11.2. The third kappa shape index (κ3) is 5.72. The van der Waals surface area contributed by atoms with Gasteiger partial charge in [0.1, 0.15) is 5.75 Å². The molecule has 0 heterocycles. The Morgan fingerprint density at radius 3 is 2.38 bits per heavy atom. The number of ether oxygens (including phenoxy) is 1. The fourth-order valence-corrected chi connectivity index (χ4v) is 3.31. The molecule has 0 saturated heterocycles. The monoisotopic (exact) mass is 396 g/mol. The van der Waals surface area contributed by atoms with Crippen LogP contribution in [0.25, 0.3) is 0 Å². The first-order chi connectivity index (χ1) is 12.2. The Hall–Kier alpha value is -2.09. The van der Waals surface area contributed by atoms with Crippen molar-refractivity contribution in [1.82, 2.24) is 4.72 Å². The summed E-state index contributed by atoms with van der Waals surface area (Å²) < 4.78 is 32.3. The highest BCUT2D eigenvalue weighted by Crippen LogP contribution is 2.19. The minimum atomic E-state index is -3.80. The van der Waals surface area contributed by atoms with Crippen molar-refractivity contribution < 1.29 is 17.9 Å². The Labute approximate surface area is 158 Å². The van der Waals surface area contributed by atoms with Gasteiger partial charge < -0.3 is 10.1 Å². The number of nitrogens with one attached hydrogen (secondary N) is 2. The maximum atomic E-state index is 12.2. The molecule has 0 bridgehead atoms. The van der Waals surface area contributed by atoms with E-state index in [0.717, 1.165) is 0 Å². The first-order valence-electron chi connectivity index (χ1n) is 8.00. The molecule has 2 aromatic carbocycles. The van der Waals surface area contributed by atoms with Crippen molar-refractivity contribution in [3.8, 4) is 5.75 Å². The van der Waals surface area contributed by atoms with E-state index in [2.05, 4.69) is 10.0 Å². The number of aryl methyl sites for hydroxylation is 1. The average Bonchev–Trinajstić information content (AvgIpc) is 2.57. The molecule has 0 aliphatic carbocycles. The molecule has 2 aromatic rings. The van der Waals surface area contributed by atoms with E-state index in [-0.39, 0.29) is 17.5 Å². The normalized spacial score (nSPS) is 11.4. The Balaban J connectivity index is 1.94. The van der Waals surface area contributed by atoms with E-state index in [1.807, 2.05) is 13.8 Å². The van der Waals surface area contributed by atoms with E-state index in [0.29, 0.717) is 22.0 Å². The number of benzene rings is 2. The van der Waals surface area contributed by atoms with Gasteiger partial charge in [-0.25, -0.2) is 13.1 Å². The highest BCUT2D eigenvalue weighted by Gasteiger charge is 2.16. The predicted octanol–water partition coefficient (Wildman–Crippen LogP) is 3.35. The minimum Gasteiger partial charge on any atom is -0.491 e. The van der Waals surface area contributed by atoms with E-state index < -0.39 is 15.9 Å². The highest BCUT2D eigenvalue weighted by atomic mass is 35.5. The molecule has 2 rings (SSSR count). The van der Waals surface area contributed by atoms with E-state index in [9.17, 15) is 13.2 Å². The van der Waals surface area contributed by atoms with Gasteiger partial charge in [-0.3, -0.25) is 4.79 Å². The molecule has 2 N–H and O–H groups in total. The Bertz CT molecular complexity index is 881. The molecule has 0 aromatic heterocycles. The van der Waals surface area contributed by atoms with Gasteiger partial charge in [-0.15, -0.1) is 0 Å². The van der Waals surface area contributed by atoms with Crippen molar-refractivity contribution in [2.75, 3.05) is 11.9 Å². The summed E-state index contributed by atoms with van der Waals surface area (Å²) in [5.74, 6) is 0.216. The van der Waals surface area contributed by atoms with Crippen LogP contribution in [0.15, 0.2) is 47.4 Å². The molecule has 1 amide bonds. The van der Waals surface area contributed by atoms with E-state index in [1.165, 1.54) is 18.2 Å². The summed E-state index contributed by atoms with van der Waals surface area (Å²) in [5, 5.41) is 3.10. The Kier molecular flexibility index (Phi) is 6.63. The largest absolute Gasteiger partial charge is 0.491 e. The fraction of sp³-hybridized carbons (Fsp3) is 0.278. The van der Waals surface area contributed by atoms with Crippen molar-refractivity contribution in [3.63, 3.8) is 0 Å². The second-order valence-corrected chi connectivity index (χ2v) is 8.15. The van der Waals surface area contributed by atoms with Crippen LogP contribution in [-0.4, -0.2) is 27.0 Å². The number of rotatable bonds is 7. The van der Waals surface area contributed by atoms with Crippen LogP contribution in [0.5, 0.6) is 5.75 Å². The molecule has 0 aliphatic rings. The van der Waals surface area contributed by atoms with Crippen LogP contribution in [0, 0.1) is 6.92 Å². The lowest BCUT2D eigenvalue weighted by molar-refractivity contribution is -0.115. The number of sulfonamides is 1. The predicted molar refractivity (Wildman–Crippen MR) is 102 cm³/mol. The van der Waals surface area contributed by atoms with Crippen molar-refractivity contribution >= 4 is 33.2 Å². The minimum absolute atomic E-state index is 0.0568. The van der Waals surface area contributed by atoms with Crippen molar-refractivity contribution in [2.45, 2.75) is 31.8 Å². The zero-order valence-corrected chi connectivity index (χ0v) is 16.3. The van der Waals surface area contributed by atoms with Crippen molar-refractivity contribution in [1.29, 1.82) is 0 Å². The molecular weight excluding hydrogens is 376 g/mol. The molecule has 0 atom stereocenters. The van der Waals surface area contributed by atoms with Crippen molar-refractivity contribution in [3.05, 3.63) is 53.1 Å². The fourth-order valence-electron chi connectivity index (χ4n) is 2.12. The molecule has 0 radical (unpaired) electrons. The van der Waals surface area contributed by atoms with Crippen LogP contribution >= 0.6 is 11.6 Å². The molecule has 26 heavy (non-hydrogen) atoms. The van der Waals surface area contributed by atoms with Gasteiger partial charge in [0.25, 0.3) is 0 Å². The second kappa shape index (κ2) is 8.53. The number of amides is 1. The SMILES string of the molecule is Cc1cc(S(=O)(=O)NCC(=O)Nc2ccc(OC(C)C)cc2)ccc1Cl. The second-order valence-electron chi connectivity index (χ2n) is 5.97. The van der Waals surface area contributed by atoms with Gasteiger partial charge in [0.15, 0.2) is 0 Å². The zero-order chi connectivity index (χ0) is 19.3. The van der Waals surface area contributed by atoms with Gasteiger partial charge in [-0.1, -0.05) is 11.6 Å². The number of carbonyl (C=O) groups is 1. The zero-order valence-electron chi connectivity index (χ0n) is 14.7. The van der Waals surface area contributed by atoms with Crippen LogP contribution in [0.1, 0.15) is 19.4 Å². The standard InChI is InChI=1S/C18H21ClN2O4S/c1-12(2)25-15-6-4-14(5-7-15)21-18(22)11-20-26(23,24)16-8-9-17(19)13(3)10-16/h4-10,12,20H,11H2,1-3H3,(H,21,22). The van der Waals surface area contributed by atoms with Gasteiger partial charge in [-0.2, -0.15) is 0 Å². The summed E-state index contributed by atoms with van der Waals surface area (Å²) in [6.07, 6.45) is 0.0568. The lowest BCUT2D eigenvalue weighted by Crippen LogP contribution is -2.32. The summed E-state index contributed by atoms with van der Waals surface area (Å²) in [5.41, 5.74) is 1.19. The molecule has 0 fully saturated rings. The van der Waals surface area contributed by atoms with E-state index >= 15 is 0 Å². The van der Waals surface area contributed by atoms with Gasteiger partial charge in [0, 0.05) is 10.7 Å². The third-order valence-electron chi connectivity index (χ3n) is 3.37. The first-order valence-corrected chi connectivity index (χ1v) is 9.86. The lowest BCUT2D eigenvalue weighted by Gasteiger charge is -2.11. The Morgan fingerprint density at radius 2 is 1.81 bits per heavy atom. The topological polar surface area (TPSA) is 84.5 Å². The number of anilines is 1. The molecule has 0 aliphatic heterocycles. The van der Waals surface area contributed by atoms with Crippen LogP contribution in [0.4, 0.5) is 5.69 Å². The maximum absolute atomic E-state index is 12.2. The molecule has 0 spiro atoms. The van der Waals surface area contributed by atoms with Crippen LogP contribution in [-0.2, 0) is 14.8 Å².